The smallest absolute Gasteiger partial charge is 0.270 e. The van der Waals surface area contributed by atoms with Gasteiger partial charge in [-0.15, -0.1) is 0 Å². The Labute approximate surface area is 129 Å². The van der Waals surface area contributed by atoms with Crippen LogP contribution in [0.2, 0.25) is 5.02 Å². The Morgan fingerprint density at radius 2 is 2.05 bits per heavy atom. The van der Waals surface area contributed by atoms with Crippen LogP contribution in [0.4, 0.5) is 5.69 Å². The largest absolute Gasteiger partial charge is 0.488 e. The number of rotatable bonds is 4. The summed E-state index contributed by atoms with van der Waals surface area (Å²) in [7, 11) is 0. The Bertz CT molecular complexity index is 661. The summed E-state index contributed by atoms with van der Waals surface area (Å²) in [6, 6.07) is 10.1. The van der Waals surface area contributed by atoms with Crippen molar-refractivity contribution in [3.05, 3.63) is 67.1 Å². The summed E-state index contributed by atoms with van der Waals surface area (Å²) in [4.78, 5) is 10.2. The van der Waals surface area contributed by atoms with Crippen LogP contribution in [0, 0.1) is 17.0 Å². The predicted octanol–water partition coefficient (Wildman–Crippen LogP) is 4.90. The number of aryl methyl sites for hydroxylation is 1. The van der Waals surface area contributed by atoms with E-state index in [1.165, 1.54) is 12.1 Å². The second-order valence-corrected chi connectivity index (χ2v) is 5.52. The fourth-order valence-electron chi connectivity index (χ4n) is 1.65. The van der Waals surface area contributed by atoms with Crippen LogP contribution in [0.1, 0.15) is 11.1 Å². The Morgan fingerprint density at radius 1 is 1.30 bits per heavy atom. The lowest BCUT2D eigenvalue weighted by atomic mass is 10.2. The molecule has 0 saturated carbocycles. The molecule has 2 aromatic rings. The van der Waals surface area contributed by atoms with Crippen molar-refractivity contribution in [1.82, 2.24) is 0 Å². The molecule has 0 aliphatic rings. The lowest BCUT2D eigenvalue weighted by Crippen LogP contribution is -1.98. The van der Waals surface area contributed by atoms with Gasteiger partial charge in [-0.1, -0.05) is 17.7 Å². The van der Waals surface area contributed by atoms with Crippen LogP contribution in [0.5, 0.6) is 5.75 Å². The number of benzene rings is 2. The average Bonchev–Trinajstić information content (AvgIpc) is 2.38. The van der Waals surface area contributed by atoms with Gasteiger partial charge in [-0.05, 0) is 46.6 Å². The normalized spacial score (nSPS) is 10.3. The van der Waals surface area contributed by atoms with Gasteiger partial charge >= 0.3 is 0 Å². The van der Waals surface area contributed by atoms with Gasteiger partial charge in [-0.25, -0.2) is 0 Å². The molecule has 0 aliphatic heterocycles. The molecule has 0 amide bonds. The zero-order valence-electron chi connectivity index (χ0n) is 10.6. The van der Waals surface area contributed by atoms with E-state index in [-0.39, 0.29) is 12.3 Å². The third kappa shape index (κ3) is 3.49. The fraction of sp³-hybridized carbons (Fsp3) is 0.143. The van der Waals surface area contributed by atoms with E-state index in [1.807, 2.05) is 25.1 Å². The molecular weight excluding hydrogens is 346 g/mol. The molecule has 0 unspecified atom stereocenters. The van der Waals surface area contributed by atoms with Crippen LogP contribution in [0.3, 0.4) is 0 Å². The first kappa shape index (κ1) is 14.8. The fourth-order valence-corrected chi connectivity index (χ4v) is 2.48. The van der Waals surface area contributed by atoms with Crippen LogP contribution in [0.25, 0.3) is 0 Å². The number of hydrogen-bond donors (Lipinski definition) is 0. The first-order valence-electron chi connectivity index (χ1n) is 5.79. The molecule has 0 aliphatic carbocycles. The molecule has 0 atom stereocenters. The van der Waals surface area contributed by atoms with Gasteiger partial charge in [0.15, 0.2) is 0 Å². The minimum absolute atomic E-state index is 0.0322. The summed E-state index contributed by atoms with van der Waals surface area (Å²) >= 11 is 9.43. The highest BCUT2D eigenvalue weighted by atomic mass is 79.9. The predicted molar refractivity (Wildman–Crippen MR) is 81.3 cm³/mol. The third-order valence-electron chi connectivity index (χ3n) is 2.72. The molecule has 2 aromatic carbocycles. The first-order chi connectivity index (χ1) is 9.47. The van der Waals surface area contributed by atoms with E-state index in [4.69, 9.17) is 16.3 Å². The number of ether oxygens (including phenoxy) is 1. The monoisotopic (exact) mass is 355 g/mol. The van der Waals surface area contributed by atoms with Gasteiger partial charge < -0.3 is 4.74 Å². The van der Waals surface area contributed by atoms with Gasteiger partial charge in [0, 0.05) is 17.7 Å². The molecule has 0 spiro atoms. The van der Waals surface area contributed by atoms with Gasteiger partial charge in [-0.3, -0.25) is 10.1 Å². The summed E-state index contributed by atoms with van der Waals surface area (Å²) in [5, 5.41) is 11.0. The second-order valence-electron chi connectivity index (χ2n) is 4.26. The molecular formula is C14H11BrClNO3. The molecule has 2 rings (SSSR count). The van der Waals surface area contributed by atoms with E-state index in [1.54, 1.807) is 6.07 Å². The van der Waals surface area contributed by atoms with Crippen molar-refractivity contribution in [1.29, 1.82) is 0 Å². The Balaban J connectivity index is 2.13. The lowest BCUT2D eigenvalue weighted by molar-refractivity contribution is -0.384. The zero-order valence-corrected chi connectivity index (χ0v) is 12.9. The Kier molecular flexibility index (Phi) is 4.62. The molecule has 0 aromatic heterocycles. The van der Waals surface area contributed by atoms with Crippen molar-refractivity contribution in [3.8, 4) is 5.75 Å². The maximum absolute atomic E-state index is 10.6. The summed E-state index contributed by atoms with van der Waals surface area (Å²) in [5.74, 6) is 0.699. The SMILES string of the molecule is Cc1ccc(OCc2ccc([N+](=O)[O-])cc2Cl)c(Br)c1. The number of nitro benzene ring substituents is 1. The number of non-ortho nitro benzene ring substituents is 1. The molecule has 104 valence electrons. The first-order valence-corrected chi connectivity index (χ1v) is 6.96. The van der Waals surface area contributed by atoms with Gasteiger partial charge in [0.05, 0.1) is 14.4 Å². The number of hydrogen-bond acceptors (Lipinski definition) is 3. The standard InChI is InChI=1S/C14H11BrClNO3/c1-9-2-5-14(12(15)6-9)20-8-10-3-4-11(17(18)19)7-13(10)16/h2-7H,8H2,1H3. The molecule has 0 heterocycles. The average molecular weight is 357 g/mol. The summed E-state index contributed by atoms with van der Waals surface area (Å²) < 4.78 is 6.51. The second kappa shape index (κ2) is 6.24. The highest BCUT2D eigenvalue weighted by molar-refractivity contribution is 9.10. The van der Waals surface area contributed by atoms with E-state index < -0.39 is 4.92 Å². The molecule has 0 radical (unpaired) electrons. The van der Waals surface area contributed by atoms with E-state index in [2.05, 4.69) is 15.9 Å². The van der Waals surface area contributed by atoms with Crippen molar-refractivity contribution < 1.29 is 9.66 Å². The molecule has 20 heavy (non-hydrogen) atoms. The van der Waals surface area contributed by atoms with Crippen molar-refractivity contribution in [2.75, 3.05) is 0 Å². The van der Waals surface area contributed by atoms with Crippen molar-refractivity contribution in [2.45, 2.75) is 13.5 Å². The van der Waals surface area contributed by atoms with E-state index >= 15 is 0 Å². The Hall–Kier alpha value is -1.59. The highest BCUT2D eigenvalue weighted by Gasteiger charge is 2.10. The number of nitro groups is 1. The number of halogens is 2. The zero-order chi connectivity index (χ0) is 14.7. The minimum atomic E-state index is -0.479. The van der Waals surface area contributed by atoms with Crippen LogP contribution in [-0.4, -0.2) is 4.92 Å². The van der Waals surface area contributed by atoms with Crippen molar-refractivity contribution >= 4 is 33.2 Å². The summed E-state index contributed by atoms with van der Waals surface area (Å²) in [6.45, 7) is 2.24. The van der Waals surface area contributed by atoms with Gasteiger partial charge in [-0.2, -0.15) is 0 Å². The van der Waals surface area contributed by atoms with Gasteiger partial charge in [0.1, 0.15) is 12.4 Å². The van der Waals surface area contributed by atoms with Crippen molar-refractivity contribution in [2.24, 2.45) is 0 Å². The van der Waals surface area contributed by atoms with Crippen molar-refractivity contribution in [3.63, 3.8) is 0 Å². The molecule has 0 fully saturated rings. The molecule has 0 N–H and O–H groups in total. The lowest BCUT2D eigenvalue weighted by Gasteiger charge is -2.10. The molecule has 0 bridgehead atoms. The van der Waals surface area contributed by atoms with Crippen LogP contribution < -0.4 is 4.74 Å². The Morgan fingerprint density at radius 3 is 2.65 bits per heavy atom. The quantitative estimate of drug-likeness (QED) is 0.578. The number of nitrogens with zero attached hydrogens (tertiary/aromatic N) is 1. The molecule has 0 saturated heterocycles. The maximum Gasteiger partial charge on any atom is 0.270 e. The van der Waals surface area contributed by atoms with E-state index in [0.29, 0.717) is 16.3 Å². The van der Waals surface area contributed by atoms with Crippen LogP contribution in [0.15, 0.2) is 40.9 Å². The van der Waals surface area contributed by atoms with Crippen LogP contribution in [-0.2, 0) is 6.61 Å². The van der Waals surface area contributed by atoms with Gasteiger partial charge in [0.25, 0.3) is 5.69 Å². The summed E-state index contributed by atoms with van der Waals surface area (Å²) in [6.07, 6.45) is 0. The van der Waals surface area contributed by atoms with E-state index in [0.717, 1.165) is 10.0 Å². The van der Waals surface area contributed by atoms with Gasteiger partial charge in [0.2, 0.25) is 0 Å². The summed E-state index contributed by atoms with van der Waals surface area (Å²) in [5.41, 5.74) is 1.79. The van der Waals surface area contributed by atoms with E-state index in [9.17, 15) is 10.1 Å². The maximum atomic E-state index is 10.6. The molecule has 6 heteroatoms. The van der Waals surface area contributed by atoms with Crippen LogP contribution >= 0.6 is 27.5 Å². The topological polar surface area (TPSA) is 52.4 Å². The molecule has 4 nitrogen and oxygen atoms in total. The third-order valence-corrected chi connectivity index (χ3v) is 3.69. The highest BCUT2D eigenvalue weighted by Crippen LogP contribution is 2.28. The minimum Gasteiger partial charge on any atom is -0.488 e.